The van der Waals surface area contributed by atoms with E-state index in [0.717, 1.165) is 45.7 Å². The maximum absolute atomic E-state index is 12.9. The Morgan fingerprint density at radius 3 is 2.22 bits per heavy atom. The van der Waals surface area contributed by atoms with Crippen LogP contribution in [0.25, 0.3) is 0 Å². The van der Waals surface area contributed by atoms with Gasteiger partial charge in [0.25, 0.3) is 0 Å². The number of hydrogen-bond donors (Lipinski definition) is 7. The van der Waals surface area contributed by atoms with E-state index in [1.807, 2.05) is 14.1 Å². The number of nitrogens with one attached hydrogen (secondary N) is 7. The predicted molar refractivity (Wildman–Crippen MR) is 153 cm³/mol. The number of rotatable bonds is 28. The van der Waals surface area contributed by atoms with Crippen molar-refractivity contribution in [2.45, 2.75) is 72.2 Å². The van der Waals surface area contributed by atoms with Crippen molar-refractivity contribution in [3.05, 3.63) is 0 Å². The first-order valence-electron chi connectivity index (χ1n) is 14.4. The fraction of sp³-hybridized carbons (Fsp3) is 0.962. The third kappa shape index (κ3) is 20.7. The molecule has 0 fully saturated rings. The SMILES string of the molecule is CCCCCCNCC(NC)OCNCC(COCNC(CNCCC)NC)C(=O)NCN(CC)CC. The average molecular weight is 533 g/mol. The Bertz CT molecular complexity index is 500. The summed E-state index contributed by atoms with van der Waals surface area (Å²) >= 11 is 0. The van der Waals surface area contributed by atoms with Gasteiger partial charge in [0.2, 0.25) is 5.91 Å². The molecule has 3 atom stereocenters. The minimum atomic E-state index is -0.322. The van der Waals surface area contributed by atoms with E-state index in [9.17, 15) is 4.79 Å². The predicted octanol–water partition coefficient (Wildman–Crippen LogP) is 0.406. The summed E-state index contributed by atoms with van der Waals surface area (Å²) in [6, 6.07) is 0. The first-order valence-corrected chi connectivity index (χ1v) is 14.4. The molecule has 222 valence electrons. The number of amides is 1. The minimum absolute atomic E-state index is 0.0203. The molecule has 0 bridgehead atoms. The molecule has 0 saturated carbocycles. The number of carbonyl (C=O) groups is 1. The third-order valence-corrected chi connectivity index (χ3v) is 6.25. The maximum Gasteiger partial charge on any atom is 0.227 e. The van der Waals surface area contributed by atoms with Crippen LogP contribution >= 0.6 is 0 Å². The maximum atomic E-state index is 12.9. The Labute approximate surface area is 227 Å². The zero-order chi connectivity index (χ0) is 27.6. The van der Waals surface area contributed by atoms with Crippen LogP contribution < -0.4 is 37.2 Å². The number of carbonyl (C=O) groups excluding carboxylic acids is 1. The van der Waals surface area contributed by atoms with Gasteiger partial charge in [-0.25, -0.2) is 0 Å². The van der Waals surface area contributed by atoms with Crippen molar-refractivity contribution < 1.29 is 14.3 Å². The summed E-state index contributed by atoms with van der Waals surface area (Å²) in [4.78, 5) is 15.1. The largest absolute Gasteiger partial charge is 0.365 e. The molecule has 0 aliphatic carbocycles. The molecule has 37 heavy (non-hydrogen) atoms. The Hall–Kier alpha value is -0.890. The average Bonchev–Trinajstić information content (AvgIpc) is 2.92. The molecule has 0 aromatic rings. The normalized spacial score (nSPS) is 14.1. The molecular formula is C26H60N8O3. The molecule has 0 saturated heterocycles. The monoisotopic (exact) mass is 532 g/mol. The zero-order valence-corrected chi connectivity index (χ0v) is 24.7. The summed E-state index contributed by atoms with van der Waals surface area (Å²) in [5, 5.41) is 22.9. The lowest BCUT2D eigenvalue weighted by molar-refractivity contribution is -0.127. The van der Waals surface area contributed by atoms with Crippen LogP contribution in [0.2, 0.25) is 0 Å². The van der Waals surface area contributed by atoms with Crippen LogP contribution in [0, 0.1) is 5.92 Å². The van der Waals surface area contributed by atoms with Crippen molar-refractivity contribution in [3.63, 3.8) is 0 Å². The summed E-state index contributed by atoms with van der Waals surface area (Å²) < 4.78 is 11.8. The van der Waals surface area contributed by atoms with Crippen molar-refractivity contribution in [3.8, 4) is 0 Å². The molecule has 0 aliphatic heterocycles. The molecule has 1 amide bonds. The number of ether oxygens (including phenoxy) is 2. The van der Waals surface area contributed by atoms with Crippen LogP contribution in [-0.4, -0.2) is 110 Å². The van der Waals surface area contributed by atoms with E-state index in [2.05, 4.69) is 69.8 Å². The highest BCUT2D eigenvalue weighted by Crippen LogP contribution is 1.99. The Kier molecular flexibility index (Phi) is 26.1. The number of hydrogen-bond acceptors (Lipinski definition) is 10. The number of unbranched alkanes of at least 4 members (excludes halogenated alkanes) is 3. The second-order valence-corrected chi connectivity index (χ2v) is 9.27. The fourth-order valence-corrected chi connectivity index (χ4v) is 3.62. The van der Waals surface area contributed by atoms with Gasteiger partial charge in [-0.3, -0.25) is 25.6 Å². The van der Waals surface area contributed by atoms with Gasteiger partial charge in [-0.15, -0.1) is 0 Å². The summed E-state index contributed by atoms with van der Waals surface area (Å²) in [6.07, 6.45) is 6.09. The van der Waals surface area contributed by atoms with E-state index < -0.39 is 0 Å². The van der Waals surface area contributed by atoms with Crippen molar-refractivity contribution in [2.24, 2.45) is 5.92 Å². The van der Waals surface area contributed by atoms with E-state index in [1.54, 1.807) is 0 Å². The highest BCUT2D eigenvalue weighted by atomic mass is 16.5. The molecule has 0 radical (unpaired) electrons. The van der Waals surface area contributed by atoms with E-state index >= 15 is 0 Å². The highest BCUT2D eigenvalue weighted by Gasteiger charge is 2.19. The van der Waals surface area contributed by atoms with Crippen LogP contribution in [-0.2, 0) is 14.3 Å². The van der Waals surface area contributed by atoms with Gasteiger partial charge in [0, 0.05) is 19.6 Å². The first-order chi connectivity index (χ1) is 18.1. The van der Waals surface area contributed by atoms with E-state index in [0.29, 0.717) is 33.3 Å². The molecule has 11 heteroatoms. The molecule has 11 nitrogen and oxygen atoms in total. The second-order valence-electron chi connectivity index (χ2n) is 9.27. The molecule has 0 aliphatic rings. The van der Waals surface area contributed by atoms with E-state index in [4.69, 9.17) is 9.47 Å². The van der Waals surface area contributed by atoms with Gasteiger partial charge >= 0.3 is 0 Å². The standard InChI is InChI=1S/C26H60N8O3/c1-7-11-12-13-15-30-18-25(28-6)37-21-31-16-23(26(35)32-20-34(9-3)10-4)19-36-22-33-24(27-5)17-29-14-8-2/h23-25,27-31,33H,7-22H2,1-6H3,(H,32,35). The van der Waals surface area contributed by atoms with Gasteiger partial charge in [0.1, 0.15) is 6.23 Å². The van der Waals surface area contributed by atoms with E-state index in [1.165, 1.54) is 25.7 Å². The molecule has 0 aromatic carbocycles. The van der Waals surface area contributed by atoms with E-state index in [-0.39, 0.29) is 24.2 Å². The van der Waals surface area contributed by atoms with Crippen molar-refractivity contribution in [1.29, 1.82) is 0 Å². The lowest BCUT2D eigenvalue weighted by atomic mass is 10.1. The van der Waals surface area contributed by atoms with Crippen LogP contribution in [0.15, 0.2) is 0 Å². The van der Waals surface area contributed by atoms with Gasteiger partial charge in [-0.05, 0) is 53.1 Å². The van der Waals surface area contributed by atoms with Crippen LogP contribution in [0.5, 0.6) is 0 Å². The Morgan fingerprint density at radius 2 is 1.57 bits per heavy atom. The molecule has 0 heterocycles. The number of nitrogens with zero attached hydrogens (tertiary/aromatic N) is 1. The van der Waals surface area contributed by atoms with Gasteiger partial charge in [-0.1, -0.05) is 47.0 Å². The molecule has 7 N–H and O–H groups in total. The van der Waals surface area contributed by atoms with Crippen LogP contribution in [0.3, 0.4) is 0 Å². The first kappa shape index (κ1) is 36.1. The fourth-order valence-electron chi connectivity index (χ4n) is 3.62. The summed E-state index contributed by atoms with van der Waals surface area (Å²) in [5.74, 6) is -0.343. The molecule has 0 rings (SSSR count). The second kappa shape index (κ2) is 26.7. The van der Waals surface area contributed by atoms with Crippen molar-refractivity contribution in [1.82, 2.24) is 42.1 Å². The topological polar surface area (TPSA) is 123 Å². The molecule has 0 aromatic heterocycles. The van der Waals surface area contributed by atoms with Gasteiger partial charge in [0.15, 0.2) is 0 Å². The van der Waals surface area contributed by atoms with Gasteiger partial charge < -0.3 is 30.7 Å². The Morgan fingerprint density at radius 1 is 0.811 bits per heavy atom. The smallest absolute Gasteiger partial charge is 0.227 e. The van der Waals surface area contributed by atoms with Crippen LogP contribution in [0.1, 0.15) is 59.8 Å². The summed E-state index contributed by atoms with van der Waals surface area (Å²) in [6.45, 7) is 15.9. The minimum Gasteiger partial charge on any atom is -0.365 e. The van der Waals surface area contributed by atoms with Crippen LogP contribution in [0.4, 0.5) is 0 Å². The lowest BCUT2D eigenvalue weighted by Gasteiger charge is -2.23. The third-order valence-electron chi connectivity index (χ3n) is 6.25. The van der Waals surface area contributed by atoms with Crippen molar-refractivity contribution in [2.75, 3.05) is 86.6 Å². The molecular weight excluding hydrogens is 472 g/mol. The quantitative estimate of drug-likeness (QED) is 0.0563. The van der Waals surface area contributed by atoms with Crippen molar-refractivity contribution >= 4 is 5.91 Å². The molecule has 3 unspecified atom stereocenters. The summed E-state index contributed by atoms with van der Waals surface area (Å²) in [5.41, 5.74) is 0. The summed E-state index contributed by atoms with van der Waals surface area (Å²) in [7, 11) is 3.81. The van der Waals surface area contributed by atoms with Gasteiger partial charge in [-0.2, -0.15) is 0 Å². The number of likely N-dealkylation sites (N-methyl/N-ethyl adjacent to an activating group) is 2. The molecule has 0 spiro atoms. The lowest BCUT2D eigenvalue weighted by Crippen LogP contribution is -2.49. The van der Waals surface area contributed by atoms with Gasteiger partial charge in [0.05, 0.1) is 38.8 Å². The Balaban J connectivity index is 4.50. The zero-order valence-electron chi connectivity index (χ0n) is 24.7. The highest BCUT2D eigenvalue weighted by molar-refractivity contribution is 5.78.